The smallest absolute Gasteiger partial charge is 0.272 e. The first-order valence-corrected chi connectivity index (χ1v) is 5.67. The molecular weight excluding hydrogens is 239 g/mol. The molecule has 5 nitrogen and oxygen atoms in total. The van der Waals surface area contributed by atoms with Gasteiger partial charge in [0.1, 0.15) is 0 Å². The highest BCUT2D eigenvalue weighted by Crippen LogP contribution is 2.21. The topological polar surface area (TPSA) is 64.4 Å². The Morgan fingerprint density at radius 3 is 2.67 bits per heavy atom. The lowest BCUT2D eigenvalue weighted by Gasteiger charge is -2.25. The van der Waals surface area contributed by atoms with Crippen molar-refractivity contribution >= 4 is 11.4 Å². The summed E-state index contributed by atoms with van der Waals surface area (Å²) in [5.41, 5.74) is -0.460. The van der Waals surface area contributed by atoms with Crippen LogP contribution in [-0.2, 0) is 4.74 Å². The van der Waals surface area contributed by atoms with E-state index in [-0.39, 0.29) is 11.4 Å². The lowest BCUT2D eigenvalue weighted by molar-refractivity contribution is -0.385. The number of hydrogen-bond acceptors (Lipinski definition) is 4. The highest BCUT2D eigenvalue weighted by Gasteiger charge is 2.18. The first kappa shape index (κ1) is 14.4. The summed E-state index contributed by atoms with van der Waals surface area (Å²) in [5, 5.41) is 13.3. The second kappa shape index (κ2) is 5.77. The first-order valence-electron chi connectivity index (χ1n) is 5.67. The van der Waals surface area contributed by atoms with E-state index in [4.69, 9.17) is 4.74 Å². The molecule has 0 spiro atoms. The van der Waals surface area contributed by atoms with Crippen LogP contribution in [0.1, 0.15) is 20.8 Å². The minimum Gasteiger partial charge on any atom is -0.380 e. The third-order valence-corrected chi connectivity index (χ3v) is 2.40. The number of ether oxygens (including phenoxy) is 1. The van der Waals surface area contributed by atoms with Crippen molar-refractivity contribution in [2.45, 2.75) is 26.4 Å². The molecule has 1 aromatic carbocycles. The van der Waals surface area contributed by atoms with Gasteiger partial charge in [0.15, 0.2) is 5.82 Å². The Morgan fingerprint density at radius 2 is 2.17 bits per heavy atom. The van der Waals surface area contributed by atoms with Crippen LogP contribution in [0, 0.1) is 15.9 Å². The molecule has 100 valence electrons. The minimum atomic E-state index is -0.642. The normalized spacial score (nSPS) is 11.3. The fourth-order valence-corrected chi connectivity index (χ4v) is 1.51. The summed E-state index contributed by atoms with van der Waals surface area (Å²) < 4.78 is 19.0. The van der Waals surface area contributed by atoms with Crippen molar-refractivity contribution in [2.24, 2.45) is 0 Å². The van der Waals surface area contributed by atoms with Gasteiger partial charge in [0, 0.05) is 19.2 Å². The zero-order chi connectivity index (χ0) is 13.8. The second-order valence-corrected chi connectivity index (χ2v) is 4.47. The maximum atomic E-state index is 13.6. The molecule has 0 saturated heterocycles. The van der Waals surface area contributed by atoms with Gasteiger partial charge in [0.2, 0.25) is 0 Å². The zero-order valence-electron chi connectivity index (χ0n) is 10.7. The standard InChI is InChI=1S/C12H17FN2O3/c1-4-18-12(2,3)8-14-11-6-5-9(15(16)17)7-10(11)13/h5-7,14H,4,8H2,1-3H3. The number of nitrogens with zero attached hydrogens (tertiary/aromatic N) is 1. The van der Waals surface area contributed by atoms with Gasteiger partial charge in [-0.2, -0.15) is 0 Å². The molecule has 0 fully saturated rings. The molecule has 0 aliphatic carbocycles. The van der Waals surface area contributed by atoms with Crippen molar-refractivity contribution in [3.63, 3.8) is 0 Å². The molecule has 18 heavy (non-hydrogen) atoms. The molecule has 0 atom stereocenters. The maximum absolute atomic E-state index is 13.6. The molecule has 0 radical (unpaired) electrons. The number of halogens is 1. The van der Waals surface area contributed by atoms with E-state index in [9.17, 15) is 14.5 Å². The van der Waals surface area contributed by atoms with E-state index in [1.54, 1.807) is 0 Å². The molecule has 1 N–H and O–H groups in total. The molecule has 0 unspecified atom stereocenters. The number of nitro benzene ring substituents is 1. The Labute approximate surface area is 105 Å². The van der Waals surface area contributed by atoms with Crippen LogP contribution in [0.25, 0.3) is 0 Å². The quantitative estimate of drug-likeness (QED) is 0.627. The molecule has 0 aromatic heterocycles. The summed E-state index contributed by atoms with van der Waals surface area (Å²) in [6, 6.07) is 3.52. The third-order valence-electron chi connectivity index (χ3n) is 2.40. The van der Waals surface area contributed by atoms with Crippen molar-refractivity contribution in [2.75, 3.05) is 18.5 Å². The lowest BCUT2D eigenvalue weighted by atomic mass is 10.1. The summed E-state index contributed by atoms with van der Waals surface area (Å²) in [4.78, 5) is 9.84. The van der Waals surface area contributed by atoms with E-state index in [0.717, 1.165) is 6.07 Å². The number of anilines is 1. The summed E-state index contributed by atoms with van der Waals surface area (Å²) in [5.74, 6) is -0.642. The Hall–Kier alpha value is -1.69. The van der Waals surface area contributed by atoms with E-state index >= 15 is 0 Å². The number of nitrogens with one attached hydrogen (secondary N) is 1. The maximum Gasteiger partial charge on any atom is 0.272 e. The van der Waals surface area contributed by atoms with Gasteiger partial charge in [0.05, 0.1) is 22.3 Å². The predicted molar refractivity (Wildman–Crippen MR) is 67.2 cm³/mol. The van der Waals surface area contributed by atoms with E-state index in [1.807, 2.05) is 20.8 Å². The molecular formula is C12H17FN2O3. The van der Waals surface area contributed by atoms with Gasteiger partial charge in [-0.1, -0.05) is 0 Å². The van der Waals surface area contributed by atoms with E-state index in [1.165, 1.54) is 12.1 Å². The second-order valence-electron chi connectivity index (χ2n) is 4.47. The van der Waals surface area contributed by atoms with Crippen LogP contribution in [0.4, 0.5) is 15.8 Å². The van der Waals surface area contributed by atoms with Crippen molar-refractivity contribution in [1.29, 1.82) is 0 Å². The van der Waals surface area contributed by atoms with Gasteiger partial charge in [-0.25, -0.2) is 4.39 Å². The summed E-state index contributed by atoms with van der Waals surface area (Å²) >= 11 is 0. The van der Waals surface area contributed by atoms with Gasteiger partial charge >= 0.3 is 0 Å². The number of hydrogen-bond donors (Lipinski definition) is 1. The molecule has 0 heterocycles. The molecule has 0 aliphatic rings. The molecule has 1 aromatic rings. The van der Waals surface area contributed by atoms with Gasteiger partial charge in [0.25, 0.3) is 5.69 Å². The van der Waals surface area contributed by atoms with Gasteiger partial charge in [-0.15, -0.1) is 0 Å². The average molecular weight is 256 g/mol. The minimum absolute atomic E-state index is 0.230. The van der Waals surface area contributed by atoms with E-state index in [0.29, 0.717) is 13.2 Å². The van der Waals surface area contributed by atoms with E-state index < -0.39 is 16.3 Å². The van der Waals surface area contributed by atoms with Crippen molar-refractivity contribution in [3.05, 3.63) is 34.1 Å². The monoisotopic (exact) mass is 256 g/mol. The van der Waals surface area contributed by atoms with Crippen molar-refractivity contribution < 1.29 is 14.1 Å². The van der Waals surface area contributed by atoms with E-state index in [2.05, 4.69) is 5.32 Å². The summed E-state index contributed by atoms with van der Waals surface area (Å²) in [6.07, 6.45) is 0. The van der Waals surface area contributed by atoms with Crippen molar-refractivity contribution in [3.8, 4) is 0 Å². The average Bonchev–Trinajstić information content (AvgIpc) is 2.27. The molecule has 1 rings (SSSR count). The fraction of sp³-hybridized carbons (Fsp3) is 0.500. The summed E-state index contributed by atoms with van der Waals surface area (Å²) in [7, 11) is 0. The highest BCUT2D eigenvalue weighted by molar-refractivity contribution is 5.50. The Morgan fingerprint density at radius 1 is 1.50 bits per heavy atom. The number of benzene rings is 1. The van der Waals surface area contributed by atoms with Crippen LogP contribution >= 0.6 is 0 Å². The largest absolute Gasteiger partial charge is 0.380 e. The van der Waals surface area contributed by atoms with Gasteiger partial charge in [-0.3, -0.25) is 10.1 Å². The van der Waals surface area contributed by atoms with Crippen LogP contribution in [0.3, 0.4) is 0 Å². The zero-order valence-corrected chi connectivity index (χ0v) is 10.7. The Kier molecular flexibility index (Phi) is 4.61. The SMILES string of the molecule is CCOC(C)(C)CNc1ccc([N+](=O)[O-])cc1F. The third kappa shape index (κ3) is 3.96. The van der Waals surface area contributed by atoms with Gasteiger partial charge in [-0.05, 0) is 26.8 Å². The number of nitro groups is 1. The fourth-order valence-electron chi connectivity index (χ4n) is 1.51. The number of non-ortho nitro benzene ring substituents is 1. The molecule has 0 bridgehead atoms. The van der Waals surface area contributed by atoms with Crippen LogP contribution in [-0.4, -0.2) is 23.7 Å². The van der Waals surface area contributed by atoms with Crippen LogP contribution in [0.2, 0.25) is 0 Å². The lowest BCUT2D eigenvalue weighted by Crippen LogP contribution is -2.33. The van der Waals surface area contributed by atoms with Crippen LogP contribution < -0.4 is 5.32 Å². The first-order chi connectivity index (χ1) is 8.35. The predicted octanol–water partition coefficient (Wildman–Crippen LogP) is 2.96. The molecule has 0 saturated carbocycles. The summed E-state index contributed by atoms with van der Waals surface area (Å²) in [6.45, 7) is 6.63. The molecule has 6 heteroatoms. The Balaban J connectivity index is 2.71. The van der Waals surface area contributed by atoms with Crippen LogP contribution in [0.15, 0.2) is 18.2 Å². The van der Waals surface area contributed by atoms with Crippen LogP contribution in [0.5, 0.6) is 0 Å². The van der Waals surface area contributed by atoms with Crippen molar-refractivity contribution in [1.82, 2.24) is 0 Å². The molecule has 0 aliphatic heterocycles. The number of rotatable bonds is 6. The highest BCUT2D eigenvalue weighted by atomic mass is 19.1. The Bertz CT molecular complexity index is 435. The molecule has 0 amide bonds. The van der Waals surface area contributed by atoms with Gasteiger partial charge < -0.3 is 10.1 Å².